The number of fused-ring (bicyclic) bond motifs is 1. The van der Waals surface area contributed by atoms with Crippen molar-refractivity contribution in [2.24, 2.45) is 0 Å². The van der Waals surface area contributed by atoms with Crippen LogP contribution in [0.15, 0.2) is 67.0 Å². The molecule has 0 saturated carbocycles. The highest BCUT2D eigenvalue weighted by Crippen LogP contribution is 2.18. The number of pyridine rings is 1. The average molecular weight is 316 g/mol. The van der Waals surface area contributed by atoms with Crippen LogP contribution in [0.5, 0.6) is 0 Å². The lowest BCUT2D eigenvalue weighted by Gasteiger charge is -2.04. The fourth-order valence-corrected chi connectivity index (χ4v) is 2.35. The molecule has 0 aliphatic carbocycles. The molecule has 3 rings (SSSR count). The zero-order chi connectivity index (χ0) is 16.9. The number of hydrogen-bond acceptors (Lipinski definition) is 3. The number of Topliss-reactive ketones (excluding diaryl/α,β-unsaturated/α-hetero) is 1. The van der Waals surface area contributed by atoms with Crippen LogP contribution in [0.2, 0.25) is 0 Å². The molecule has 24 heavy (non-hydrogen) atoms. The zero-order valence-electron chi connectivity index (χ0n) is 13.2. The summed E-state index contributed by atoms with van der Waals surface area (Å²) in [5.74, 6) is -0.186. The molecular formula is C20H16N2O2. The van der Waals surface area contributed by atoms with Crippen molar-refractivity contribution < 1.29 is 9.59 Å². The Hall–Kier alpha value is -3.27. The number of amides is 1. The van der Waals surface area contributed by atoms with Crippen LogP contribution in [-0.2, 0) is 4.79 Å². The second-order valence-electron chi connectivity index (χ2n) is 5.44. The van der Waals surface area contributed by atoms with Crippen LogP contribution in [0.1, 0.15) is 22.8 Å². The van der Waals surface area contributed by atoms with Gasteiger partial charge >= 0.3 is 0 Å². The minimum absolute atomic E-state index is 0.0229. The molecule has 0 atom stereocenters. The number of anilines is 1. The lowest BCUT2D eigenvalue weighted by Crippen LogP contribution is -2.07. The average Bonchev–Trinajstić information content (AvgIpc) is 2.60. The van der Waals surface area contributed by atoms with E-state index in [0.29, 0.717) is 5.56 Å². The third-order valence-corrected chi connectivity index (χ3v) is 3.65. The van der Waals surface area contributed by atoms with Gasteiger partial charge in [0.2, 0.25) is 5.91 Å². The van der Waals surface area contributed by atoms with Crippen molar-refractivity contribution in [1.82, 2.24) is 4.98 Å². The summed E-state index contributed by atoms with van der Waals surface area (Å²) < 4.78 is 0. The van der Waals surface area contributed by atoms with Crippen molar-refractivity contribution in [2.45, 2.75) is 6.92 Å². The van der Waals surface area contributed by atoms with Gasteiger partial charge in [-0.2, -0.15) is 0 Å². The van der Waals surface area contributed by atoms with Gasteiger partial charge in [-0.1, -0.05) is 30.3 Å². The topological polar surface area (TPSA) is 59.1 Å². The molecule has 0 aliphatic rings. The van der Waals surface area contributed by atoms with Crippen LogP contribution in [0.25, 0.3) is 16.8 Å². The molecule has 0 unspecified atom stereocenters. The molecule has 0 aliphatic heterocycles. The minimum atomic E-state index is -0.209. The number of aromatic nitrogens is 1. The maximum Gasteiger partial charge on any atom is 0.248 e. The largest absolute Gasteiger partial charge is 0.322 e. The molecule has 0 fully saturated rings. The van der Waals surface area contributed by atoms with E-state index in [9.17, 15) is 9.59 Å². The van der Waals surface area contributed by atoms with Crippen LogP contribution in [0.3, 0.4) is 0 Å². The quantitative estimate of drug-likeness (QED) is 0.582. The lowest BCUT2D eigenvalue weighted by atomic mass is 10.1. The van der Waals surface area contributed by atoms with E-state index < -0.39 is 0 Å². The summed E-state index contributed by atoms with van der Waals surface area (Å²) in [5, 5.41) is 4.88. The number of carbonyl (C=O) groups is 2. The van der Waals surface area contributed by atoms with Crippen molar-refractivity contribution in [3.05, 3.63) is 78.1 Å². The molecule has 4 nitrogen and oxygen atoms in total. The van der Waals surface area contributed by atoms with Gasteiger partial charge in [-0.05, 0) is 42.1 Å². The Morgan fingerprint density at radius 1 is 1.00 bits per heavy atom. The SMILES string of the molecule is CC(=O)c1ccc(/C=C/C(=O)Nc2ccc3cnccc3c2)cc1. The van der Waals surface area contributed by atoms with Gasteiger partial charge in [0, 0.05) is 35.1 Å². The van der Waals surface area contributed by atoms with E-state index in [0.717, 1.165) is 22.0 Å². The molecule has 0 bridgehead atoms. The Balaban J connectivity index is 1.68. The first kappa shape index (κ1) is 15.6. The molecule has 3 aromatic rings. The first-order valence-corrected chi connectivity index (χ1v) is 7.56. The second-order valence-corrected chi connectivity index (χ2v) is 5.44. The molecule has 2 aromatic carbocycles. The number of nitrogens with zero attached hydrogens (tertiary/aromatic N) is 1. The summed E-state index contributed by atoms with van der Waals surface area (Å²) in [7, 11) is 0. The Morgan fingerprint density at radius 2 is 1.79 bits per heavy atom. The third-order valence-electron chi connectivity index (χ3n) is 3.65. The van der Waals surface area contributed by atoms with Crippen LogP contribution in [0, 0.1) is 0 Å². The number of hydrogen-bond donors (Lipinski definition) is 1. The highest BCUT2D eigenvalue weighted by molar-refractivity contribution is 6.03. The van der Waals surface area contributed by atoms with Gasteiger partial charge in [0.25, 0.3) is 0 Å². The van der Waals surface area contributed by atoms with Gasteiger partial charge in [-0.3, -0.25) is 14.6 Å². The number of nitrogens with one attached hydrogen (secondary N) is 1. The molecule has 1 N–H and O–H groups in total. The predicted octanol–water partition coefficient (Wildman–Crippen LogP) is 4.09. The fourth-order valence-electron chi connectivity index (χ4n) is 2.35. The van der Waals surface area contributed by atoms with Gasteiger partial charge in [-0.15, -0.1) is 0 Å². The molecule has 0 radical (unpaired) electrons. The number of ketones is 1. The van der Waals surface area contributed by atoms with Crippen molar-refractivity contribution in [3.8, 4) is 0 Å². The van der Waals surface area contributed by atoms with E-state index in [-0.39, 0.29) is 11.7 Å². The molecular weight excluding hydrogens is 300 g/mol. The van der Waals surface area contributed by atoms with Crippen LogP contribution >= 0.6 is 0 Å². The standard InChI is InChI=1S/C20H16N2O2/c1-14(23)16-5-2-15(3-6-16)4-9-20(24)22-19-8-7-18-13-21-11-10-17(18)12-19/h2-13H,1H3,(H,22,24)/b9-4+. The van der Waals surface area contributed by atoms with Crippen LogP contribution in [0.4, 0.5) is 5.69 Å². The minimum Gasteiger partial charge on any atom is -0.322 e. The van der Waals surface area contributed by atoms with Crippen molar-refractivity contribution >= 4 is 34.2 Å². The highest BCUT2D eigenvalue weighted by Gasteiger charge is 2.01. The highest BCUT2D eigenvalue weighted by atomic mass is 16.1. The maximum absolute atomic E-state index is 12.0. The van der Waals surface area contributed by atoms with Crippen molar-refractivity contribution in [3.63, 3.8) is 0 Å². The molecule has 1 aromatic heterocycles. The summed E-state index contributed by atoms with van der Waals surface area (Å²) >= 11 is 0. The van der Waals surface area contributed by atoms with Gasteiger partial charge in [0.05, 0.1) is 0 Å². The molecule has 0 spiro atoms. The van der Waals surface area contributed by atoms with E-state index in [1.807, 2.05) is 36.4 Å². The zero-order valence-corrected chi connectivity index (χ0v) is 13.2. The fraction of sp³-hybridized carbons (Fsp3) is 0.0500. The van der Waals surface area contributed by atoms with Gasteiger partial charge in [-0.25, -0.2) is 0 Å². The molecule has 1 amide bonds. The number of rotatable bonds is 4. The van der Waals surface area contributed by atoms with E-state index in [2.05, 4.69) is 10.3 Å². The number of benzene rings is 2. The summed E-state index contributed by atoms with van der Waals surface area (Å²) in [4.78, 5) is 27.3. The smallest absolute Gasteiger partial charge is 0.248 e. The molecule has 118 valence electrons. The number of carbonyl (C=O) groups excluding carboxylic acids is 2. The lowest BCUT2D eigenvalue weighted by molar-refractivity contribution is -0.111. The van der Waals surface area contributed by atoms with E-state index in [4.69, 9.17) is 0 Å². The maximum atomic E-state index is 12.0. The van der Waals surface area contributed by atoms with Gasteiger partial charge < -0.3 is 5.32 Å². The first-order valence-electron chi connectivity index (χ1n) is 7.56. The third kappa shape index (κ3) is 3.73. The van der Waals surface area contributed by atoms with Crippen LogP contribution in [-0.4, -0.2) is 16.7 Å². The van der Waals surface area contributed by atoms with Crippen molar-refractivity contribution in [2.75, 3.05) is 5.32 Å². The van der Waals surface area contributed by atoms with Crippen molar-refractivity contribution in [1.29, 1.82) is 0 Å². The molecule has 1 heterocycles. The second kappa shape index (κ2) is 6.87. The Labute approximate surface area is 139 Å². The normalized spacial score (nSPS) is 10.9. The summed E-state index contributed by atoms with van der Waals surface area (Å²) in [6, 6.07) is 14.7. The predicted molar refractivity (Wildman–Crippen MR) is 95.9 cm³/mol. The monoisotopic (exact) mass is 316 g/mol. The van der Waals surface area contributed by atoms with Gasteiger partial charge in [0.1, 0.15) is 0 Å². The van der Waals surface area contributed by atoms with Crippen LogP contribution < -0.4 is 5.32 Å². The molecule has 4 heteroatoms. The molecule has 0 saturated heterocycles. The van der Waals surface area contributed by atoms with E-state index in [1.54, 1.807) is 30.6 Å². The van der Waals surface area contributed by atoms with E-state index in [1.165, 1.54) is 13.0 Å². The van der Waals surface area contributed by atoms with Gasteiger partial charge in [0.15, 0.2) is 5.78 Å². The Bertz CT molecular complexity index is 928. The van der Waals surface area contributed by atoms with E-state index >= 15 is 0 Å². The summed E-state index contributed by atoms with van der Waals surface area (Å²) in [6.07, 6.45) is 6.69. The first-order chi connectivity index (χ1) is 11.6. The Morgan fingerprint density at radius 3 is 2.54 bits per heavy atom. The summed E-state index contributed by atoms with van der Waals surface area (Å²) in [5.41, 5.74) is 2.25. The summed E-state index contributed by atoms with van der Waals surface area (Å²) in [6.45, 7) is 1.53. The Kier molecular flexibility index (Phi) is 4.47.